The number of hydrogen-bond acceptors (Lipinski definition) is 2. The second-order valence-corrected chi connectivity index (χ2v) is 9.89. The number of anilines is 1. The van der Waals surface area contributed by atoms with Crippen LogP contribution in [0.25, 0.3) is 0 Å². The average Bonchev–Trinajstić information content (AvgIpc) is 2.73. The standard InChI is InChI=1S/C24H26N2Se/c1-19-17-18-23(27-22-15-9-4-10-16-22)24(20-11-5-2-6-12-20)26(19)25-21-13-7-3-8-14-21/h2-16,19,23-25H,17-18H2,1H3/t19?,23-,24+/m1/s1. The third-order valence-corrected chi connectivity index (χ3v) is 8.01. The Kier molecular flexibility index (Phi) is 5.93. The van der Waals surface area contributed by atoms with E-state index in [0.717, 1.165) is 5.69 Å². The number of hydrogen-bond donors (Lipinski definition) is 1. The van der Waals surface area contributed by atoms with Crippen LogP contribution in [0.4, 0.5) is 5.69 Å². The summed E-state index contributed by atoms with van der Waals surface area (Å²) in [6.07, 6.45) is 2.50. The fourth-order valence-electron chi connectivity index (χ4n) is 3.82. The van der Waals surface area contributed by atoms with Gasteiger partial charge < -0.3 is 0 Å². The van der Waals surface area contributed by atoms with Crippen molar-refractivity contribution in [1.29, 1.82) is 0 Å². The summed E-state index contributed by atoms with van der Waals surface area (Å²) in [5.74, 6) is 0. The number of benzene rings is 3. The van der Waals surface area contributed by atoms with Gasteiger partial charge in [-0.3, -0.25) is 0 Å². The molecule has 1 unspecified atom stereocenters. The van der Waals surface area contributed by atoms with Gasteiger partial charge in [0.05, 0.1) is 0 Å². The molecule has 0 amide bonds. The van der Waals surface area contributed by atoms with Crippen LogP contribution in [-0.2, 0) is 0 Å². The predicted molar refractivity (Wildman–Crippen MR) is 115 cm³/mol. The van der Waals surface area contributed by atoms with Gasteiger partial charge in [0.25, 0.3) is 0 Å². The van der Waals surface area contributed by atoms with E-state index >= 15 is 0 Å². The molecule has 1 aliphatic heterocycles. The van der Waals surface area contributed by atoms with Crippen molar-refractivity contribution in [3.8, 4) is 0 Å². The molecule has 1 saturated heterocycles. The van der Waals surface area contributed by atoms with Gasteiger partial charge in [-0.2, -0.15) is 0 Å². The van der Waals surface area contributed by atoms with Gasteiger partial charge in [0.15, 0.2) is 0 Å². The Balaban J connectivity index is 1.66. The Labute approximate surface area is 168 Å². The van der Waals surface area contributed by atoms with Crippen LogP contribution in [0.5, 0.6) is 0 Å². The molecule has 0 spiro atoms. The van der Waals surface area contributed by atoms with Crippen LogP contribution in [0.2, 0.25) is 4.82 Å². The van der Waals surface area contributed by atoms with E-state index in [0.29, 0.717) is 31.9 Å². The van der Waals surface area contributed by atoms with E-state index in [1.165, 1.54) is 22.9 Å². The zero-order chi connectivity index (χ0) is 18.5. The minimum absolute atomic E-state index is 0.385. The van der Waals surface area contributed by atoms with E-state index in [9.17, 15) is 0 Å². The van der Waals surface area contributed by atoms with E-state index in [-0.39, 0.29) is 0 Å². The Hall–Kier alpha value is -2.06. The summed E-state index contributed by atoms with van der Waals surface area (Å²) in [6.45, 7) is 2.34. The molecule has 2 nitrogen and oxygen atoms in total. The molecule has 27 heavy (non-hydrogen) atoms. The maximum atomic E-state index is 3.74. The van der Waals surface area contributed by atoms with Crippen LogP contribution in [0.3, 0.4) is 0 Å². The van der Waals surface area contributed by atoms with Crippen LogP contribution >= 0.6 is 0 Å². The van der Waals surface area contributed by atoms with Gasteiger partial charge >= 0.3 is 169 Å². The fourth-order valence-corrected chi connectivity index (χ4v) is 6.62. The molecule has 0 bridgehead atoms. The molecule has 3 aromatic carbocycles. The van der Waals surface area contributed by atoms with Gasteiger partial charge in [0.1, 0.15) is 0 Å². The van der Waals surface area contributed by atoms with Crippen LogP contribution in [0, 0.1) is 0 Å². The van der Waals surface area contributed by atoms with Gasteiger partial charge in [0, 0.05) is 0 Å². The predicted octanol–water partition coefficient (Wildman–Crippen LogP) is 5.06. The van der Waals surface area contributed by atoms with Gasteiger partial charge in [-0.15, -0.1) is 0 Å². The van der Waals surface area contributed by atoms with E-state index < -0.39 is 0 Å². The quantitative estimate of drug-likeness (QED) is 0.580. The molecule has 0 saturated carbocycles. The molecular formula is C24H26N2Se. The third-order valence-electron chi connectivity index (χ3n) is 5.20. The van der Waals surface area contributed by atoms with E-state index in [2.05, 4.69) is 108 Å². The number of rotatable bonds is 5. The van der Waals surface area contributed by atoms with Crippen molar-refractivity contribution in [3.63, 3.8) is 0 Å². The second kappa shape index (κ2) is 8.75. The summed E-state index contributed by atoms with van der Waals surface area (Å²) in [5, 5.41) is 2.50. The second-order valence-electron chi connectivity index (χ2n) is 7.14. The SMILES string of the molecule is CC1CC[C@@H]([Se]c2ccccc2)[C@H](c2ccccc2)N1Nc1ccccc1. The number of para-hydroxylation sites is 1. The summed E-state index contributed by atoms with van der Waals surface area (Å²) in [6, 6.07) is 33.5. The molecular weight excluding hydrogens is 395 g/mol. The van der Waals surface area contributed by atoms with Gasteiger partial charge in [0.2, 0.25) is 0 Å². The molecule has 1 N–H and O–H groups in total. The number of nitrogens with one attached hydrogen (secondary N) is 1. The van der Waals surface area contributed by atoms with Crippen LogP contribution < -0.4 is 9.89 Å². The molecule has 1 heterocycles. The topological polar surface area (TPSA) is 15.3 Å². The summed E-state index contributed by atoms with van der Waals surface area (Å²) in [5.41, 5.74) is 6.32. The first kappa shape index (κ1) is 18.3. The van der Waals surface area contributed by atoms with Crippen molar-refractivity contribution < 1.29 is 0 Å². The zero-order valence-corrected chi connectivity index (χ0v) is 17.4. The maximum absolute atomic E-state index is 3.74. The monoisotopic (exact) mass is 422 g/mol. The summed E-state index contributed by atoms with van der Waals surface area (Å²) >= 11 is 0.443. The van der Waals surface area contributed by atoms with Crippen molar-refractivity contribution in [3.05, 3.63) is 96.6 Å². The Morgan fingerprint density at radius 1 is 0.778 bits per heavy atom. The van der Waals surface area contributed by atoms with E-state index in [4.69, 9.17) is 0 Å². The molecule has 0 radical (unpaired) electrons. The molecule has 3 aromatic rings. The minimum atomic E-state index is 0.385. The summed E-state index contributed by atoms with van der Waals surface area (Å²) in [7, 11) is 0. The molecule has 0 aliphatic carbocycles. The molecule has 1 aliphatic rings. The third kappa shape index (κ3) is 4.44. The van der Waals surface area contributed by atoms with Crippen LogP contribution in [0.1, 0.15) is 31.4 Å². The molecule has 3 atom stereocenters. The Morgan fingerprint density at radius 3 is 2.04 bits per heavy atom. The fraction of sp³-hybridized carbons (Fsp3) is 0.250. The first-order chi connectivity index (χ1) is 13.3. The Bertz CT molecular complexity index is 823. The zero-order valence-electron chi connectivity index (χ0n) is 15.7. The molecule has 4 rings (SSSR count). The normalized spacial score (nSPS) is 23.1. The summed E-state index contributed by atoms with van der Waals surface area (Å²) in [4.78, 5) is 0.648. The number of nitrogens with zero attached hydrogens (tertiary/aromatic N) is 1. The van der Waals surface area contributed by atoms with Crippen molar-refractivity contribution >= 4 is 25.1 Å². The van der Waals surface area contributed by atoms with E-state index in [1.807, 2.05) is 0 Å². The molecule has 1 fully saturated rings. The molecule has 3 heteroatoms. The van der Waals surface area contributed by atoms with E-state index in [1.54, 1.807) is 0 Å². The summed E-state index contributed by atoms with van der Waals surface area (Å²) < 4.78 is 1.49. The van der Waals surface area contributed by atoms with Gasteiger partial charge in [-0.05, 0) is 0 Å². The molecule has 138 valence electrons. The number of piperidine rings is 1. The number of hydrazine groups is 1. The van der Waals surface area contributed by atoms with Crippen molar-refractivity contribution in [2.24, 2.45) is 0 Å². The van der Waals surface area contributed by atoms with Crippen LogP contribution in [-0.4, -0.2) is 26.0 Å². The van der Waals surface area contributed by atoms with Crippen LogP contribution in [0.15, 0.2) is 91.0 Å². The van der Waals surface area contributed by atoms with Gasteiger partial charge in [-0.25, -0.2) is 0 Å². The van der Waals surface area contributed by atoms with Gasteiger partial charge in [-0.1, -0.05) is 0 Å². The first-order valence-corrected chi connectivity index (χ1v) is 11.5. The Morgan fingerprint density at radius 2 is 1.37 bits per heavy atom. The molecule has 0 aromatic heterocycles. The van der Waals surface area contributed by atoms with Crippen molar-refractivity contribution in [2.45, 2.75) is 36.7 Å². The van der Waals surface area contributed by atoms with Crippen molar-refractivity contribution in [1.82, 2.24) is 5.01 Å². The first-order valence-electron chi connectivity index (χ1n) is 9.68. The van der Waals surface area contributed by atoms with Crippen molar-refractivity contribution in [2.75, 3.05) is 5.43 Å². The average molecular weight is 421 g/mol.